The van der Waals surface area contributed by atoms with Gasteiger partial charge in [-0.3, -0.25) is 4.79 Å². The molecule has 3 aromatic rings. The first kappa shape index (κ1) is 16.0. The lowest BCUT2D eigenvalue weighted by atomic mass is 10.0. The van der Waals surface area contributed by atoms with Crippen molar-refractivity contribution in [2.75, 3.05) is 0 Å². The van der Waals surface area contributed by atoms with Gasteiger partial charge in [-0.25, -0.2) is 4.79 Å². The second-order valence-corrected chi connectivity index (χ2v) is 6.19. The molecule has 0 saturated carbocycles. The number of aromatic nitrogens is 1. The number of fused-ring (bicyclic) bond motifs is 1. The first-order valence-corrected chi connectivity index (χ1v) is 7.81. The van der Waals surface area contributed by atoms with Gasteiger partial charge in [0.15, 0.2) is 0 Å². The molecule has 4 nitrogen and oxygen atoms in total. The van der Waals surface area contributed by atoms with Crippen LogP contribution < -0.4 is 5.56 Å². The van der Waals surface area contributed by atoms with Gasteiger partial charge in [0, 0.05) is 11.5 Å². The molecule has 0 aliphatic heterocycles. The molecule has 3 rings (SSSR count). The highest BCUT2D eigenvalue weighted by Crippen LogP contribution is 2.23. The van der Waals surface area contributed by atoms with Gasteiger partial charge in [0.25, 0.3) is 5.56 Å². The van der Waals surface area contributed by atoms with Gasteiger partial charge in [-0.05, 0) is 49.6 Å². The lowest BCUT2D eigenvalue weighted by Crippen LogP contribution is -2.22. The maximum Gasteiger partial charge on any atom is 0.336 e. The predicted octanol–water partition coefficient (Wildman–Crippen LogP) is 3.67. The van der Waals surface area contributed by atoms with Crippen LogP contribution in [0, 0.1) is 20.8 Å². The van der Waals surface area contributed by atoms with Crippen LogP contribution in [0.15, 0.2) is 47.3 Å². The monoisotopic (exact) mass is 321 g/mol. The Morgan fingerprint density at radius 1 is 1.04 bits per heavy atom. The van der Waals surface area contributed by atoms with Gasteiger partial charge in [0.05, 0.1) is 17.6 Å². The number of aryl methyl sites for hydroxylation is 3. The fourth-order valence-corrected chi connectivity index (χ4v) is 3.26. The van der Waals surface area contributed by atoms with Crippen LogP contribution in [0.4, 0.5) is 0 Å². The number of rotatable bonds is 3. The first-order valence-electron chi connectivity index (χ1n) is 7.81. The fraction of sp³-hybridized carbons (Fsp3) is 0.200. The van der Waals surface area contributed by atoms with Gasteiger partial charge in [-0.2, -0.15) is 0 Å². The minimum Gasteiger partial charge on any atom is -0.478 e. The second kappa shape index (κ2) is 5.96. The van der Waals surface area contributed by atoms with Crippen LogP contribution in [-0.2, 0) is 6.54 Å². The standard InChI is InChI=1S/C20H19NO3/c1-12-8-14(3)19-17(9-12)13(2)10-18(22)21(19)11-15-6-4-5-7-16(15)20(23)24/h4-10H,11H2,1-3H3,(H,23,24). The number of pyridine rings is 1. The summed E-state index contributed by atoms with van der Waals surface area (Å²) in [6, 6.07) is 12.5. The summed E-state index contributed by atoms with van der Waals surface area (Å²) in [7, 11) is 0. The number of carboxylic acid groups (broad SMARTS) is 1. The lowest BCUT2D eigenvalue weighted by Gasteiger charge is -2.16. The summed E-state index contributed by atoms with van der Waals surface area (Å²) < 4.78 is 1.67. The molecule has 0 fully saturated rings. The van der Waals surface area contributed by atoms with Crippen molar-refractivity contribution < 1.29 is 9.90 Å². The van der Waals surface area contributed by atoms with E-state index in [-0.39, 0.29) is 17.7 Å². The summed E-state index contributed by atoms with van der Waals surface area (Å²) in [6.07, 6.45) is 0. The quantitative estimate of drug-likeness (QED) is 0.800. The fourth-order valence-electron chi connectivity index (χ4n) is 3.26. The Labute approximate surface area is 140 Å². The van der Waals surface area contributed by atoms with E-state index in [0.717, 1.165) is 27.6 Å². The average Bonchev–Trinajstić information content (AvgIpc) is 2.51. The maximum absolute atomic E-state index is 12.6. The number of carbonyl (C=O) groups is 1. The first-order chi connectivity index (χ1) is 11.4. The number of benzene rings is 2. The molecular weight excluding hydrogens is 302 g/mol. The van der Waals surface area contributed by atoms with Crippen LogP contribution in [0.2, 0.25) is 0 Å². The van der Waals surface area contributed by atoms with E-state index in [1.54, 1.807) is 34.9 Å². The number of nitrogens with zero attached hydrogens (tertiary/aromatic N) is 1. The highest BCUT2D eigenvalue weighted by molar-refractivity contribution is 5.90. The molecule has 0 bridgehead atoms. The predicted molar refractivity (Wildman–Crippen MR) is 94.9 cm³/mol. The van der Waals surface area contributed by atoms with Crippen LogP contribution in [0.3, 0.4) is 0 Å². The van der Waals surface area contributed by atoms with Crippen molar-refractivity contribution in [1.82, 2.24) is 4.57 Å². The van der Waals surface area contributed by atoms with Crippen molar-refractivity contribution in [1.29, 1.82) is 0 Å². The van der Waals surface area contributed by atoms with E-state index in [4.69, 9.17) is 0 Å². The van der Waals surface area contributed by atoms with Gasteiger partial charge in [0.1, 0.15) is 0 Å². The van der Waals surface area contributed by atoms with E-state index < -0.39 is 5.97 Å². The molecule has 0 atom stereocenters. The molecule has 0 aliphatic carbocycles. The van der Waals surface area contributed by atoms with Gasteiger partial charge in [-0.1, -0.05) is 29.8 Å². The van der Waals surface area contributed by atoms with Crippen molar-refractivity contribution in [3.8, 4) is 0 Å². The molecule has 4 heteroatoms. The Morgan fingerprint density at radius 2 is 1.75 bits per heavy atom. The Kier molecular flexibility index (Phi) is 3.97. The Morgan fingerprint density at radius 3 is 2.46 bits per heavy atom. The normalized spacial score (nSPS) is 11.0. The van der Waals surface area contributed by atoms with Gasteiger partial charge >= 0.3 is 5.97 Å². The van der Waals surface area contributed by atoms with Crippen LogP contribution in [0.5, 0.6) is 0 Å². The van der Waals surface area contributed by atoms with Gasteiger partial charge < -0.3 is 9.67 Å². The van der Waals surface area contributed by atoms with Crippen molar-refractivity contribution in [3.05, 3.63) is 80.6 Å². The van der Waals surface area contributed by atoms with Crippen molar-refractivity contribution in [3.63, 3.8) is 0 Å². The van der Waals surface area contributed by atoms with E-state index in [9.17, 15) is 14.7 Å². The zero-order valence-corrected chi connectivity index (χ0v) is 14.0. The molecule has 0 aliphatic rings. The van der Waals surface area contributed by atoms with E-state index in [2.05, 4.69) is 6.07 Å². The molecule has 122 valence electrons. The lowest BCUT2D eigenvalue weighted by molar-refractivity contribution is 0.0695. The molecule has 1 aromatic heterocycles. The summed E-state index contributed by atoms with van der Waals surface area (Å²) in [5, 5.41) is 10.4. The SMILES string of the molecule is Cc1cc(C)c2c(c1)c(C)cc(=O)n2Cc1ccccc1C(=O)O. The second-order valence-electron chi connectivity index (χ2n) is 6.19. The van der Waals surface area contributed by atoms with Crippen molar-refractivity contribution in [2.24, 2.45) is 0 Å². The molecule has 0 amide bonds. The largest absolute Gasteiger partial charge is 0.478 e. The van der Waals surface area contributed by atoms with Crippen LogP contribution >= 0.6 is 0 Å². The zero-order valence-electron chi connectivity index (χ0n) is 14.0. The minimum atomic E-state index is -0.984. The summed E-state index contributed by atoms with van der Waals surface area (Å²) in [6.45, 7) is 6.18. The topological polar surface area (TPSA) is 59.3 Å². The number of aromatic carboxylic acids is 1. The molecule has 0 saturated heterocycles. The molecular formula is C20H19NO3. The third-order valence-electron chi connectivity index (χ3n) is 4.32. The third-order valence-corrected chi connectivity index (χ3v) is 4.32. The Hall–Kier alpha value is -2.88. The average molecular weight is 321 g/mol. The van der Waals surface area contributed by atoms with E-state index in [1.165, 1.54) is 0 Å². The highest BCUT2D eigenvalue weighted by atomic mass is 16.4. The molecule has 1 heterocycles. The van der Waals surface area contributed by atoms with Gasteiger partial charge in [0.2, 0.25) is 0 Å². The van der Waals surface area contributed by atoms with Crippen molar-refractivity contribution >= 4 is 16.9 Å². The molecule has 1 N–H and O–H groups in total. The van der Waals surface area contributed by atoms with E-state index >= 15 is 0 Å². The van der Waals surface area contributed by atoms with Crippen molar-refractivity contribution in [2.45, 2.75) is 27.3 Å². The molecule has 24 heavy (non-hydrogen) atoms. The van der Waals surface area contributed by atoms with E-state index in [0.29, 0.717) is 5.56 Å². The minimum absolute atomic E-state index is 0.118. The smallest absolute Gasteiger partial charge is 0.336 e. The Bertz CT molecular complexity index is 1020. The zero-order chi connectivity index (χ0) is 17.4. The Balaban J connectivity index is 2.28. The summed E-state index contributed by atoms with van der Waals surface area (Å²) in [5.74, 6) is -0.984. The number of carboxylic acids is 1. The molecule has 0 radical (unpaired) electrons. The van der Waals surface area contributed by atoms with Crippen LogP contribution in [0.1, 0.15) is 32.6 Å². The number of hydrogen-bond acceptors (Lipinski definition) is 2. The highest BCUT2D eigenvalue weighted by Gasteiger charge is 2.14. The third kappa shape index (κ3) is 2.71. The maximum atomic E-state index is 12.6. The van der Waals surface area contributed by atoms with Crippen LogP contribution in [-0.4, -0.2) is 15.6 Å². The molecule has 2 aromatic carbocycles. The molecule has 0 spiro atoms. The summed E-state index contributed by atoms with van der Waals surface area (Å²) in [5.41, 5.74) is 4.68. The summed E-state index contributed by atoms with van der Waals surface area (Å²) in [4.78, 5) is 24.0. The summed E-state index contributed by atoms with van der Waals surface area (Å²) >= 11 is 0. The van der Waals surface area contributed by atoms with Gasteiger partial charge in [-0.15, -0.1) is 0 Å². The molecule has 0 unspecified atom stereocenters. The van der Waals surface area contributed by atoms with Crippen LogP contribution in [0.25, 0.3) is 10.9 Å². The van der Waals surface area contributed by atoms with E-state index in [1.807, 2.05) is 26.8 Å². The number of hydrogen-bond donors (Lipinski definition) is 1.